The zero-order valence-corrected chi connectivity index (χ0v) is 14.7. The van der Waals surface area contributed by atoms with E-state index < -0.39 is 0 Å². The Hall–Kier alpha value is -1.30. The molecule has 1 saturated heterocycles. The third kappa shape index (κ3) is 6.77. The summed E-state index contributed by atoms with van der Waals surface area (Å²) in [4.78, 5) is 12.0. The molecule has 6 heteroatoms. The monoisotopic (exact) mass is 342 g/mol. The Morgan fingerprint density at radius 3 is 2.87 bits per heavy atom. The van der Waals surface area contributed by atoms with E-state index in [4.69, 9.17) is 9.47 Å². The van der Waals surface area contributed by atoms with E-state index in [-0.39, 0.29) is 18.3 Å². The van der Waals surface area contributed by atoms with E-state index in [1.165, 1.54) is 6.42 Å². The minimum Gasteiger partial charge on any atom is -0.491 e. The second kappa shape index (κ2) is 10.5. The third-order valence-electron chi connectivity index (χ3n) is 3.97. The van der Waals surface area contributed by atoms with Gasteiger partial charge in [-0.2, -0.15) is 0 Å². The standard InChI is InChI=1S/C17H26N2O3.ClH/c1-13-11-15(22-10-9-21-2)4-5-16(13)19-17(20)6-3-14-7-8-18-12-14;/h4-5,11,14,18H,3,6-10,12H2,1-2H3,(H,19,20);1H. The van der Waals surface area contributed by atoms with Gasteiger partial charge >= 0.3 is 0 Å². The normalized spacial score (nSPS) is 16.7. The van der Waals surface area contributed by atoms with Gasteiger partial charge < -0.3 is 20.1 Å². The largest absolute Gasteiger partial charge is 0.491 e. The minimum atomic E-state index is 0. The van der Waals surface area contributed by atoms with Gasteiger partial charge in [0, 0.05) is 19.2 Å². The van der Waals surface area contributed by atoms with Crippen LogP contribution in [-0.2, 0) is 9.53 Å². The van der Waals surface area contributed by atoms with Crippen LogP contribution in [0.25, 0.3) is 0 Å². The highest BCUT2D eigenvalue weighted by Gasteiger charge is 2.16. The molecule has 1 aromatic rings. The number of hydrogen-bond acceptors (Lipinski definition) is 4. The van der Waals surface area contributed by atoms with E-state index in [2.05, 4.69) is 10.6 Å². The molecule has 1 aliphatic rings. The molecule has 23 heavy (non-hydrogen) atoms. The molecule has 0 aliphatic carbocycles. The zero-order chi connectivity index (χ0) is 15.8. The van der Waals surface area contributed by atoms with Crippen LogP contribution in [0.2, 0.25) is 0 Å². The van der Waals surface area contributed by atoms with Crippen molar-refractivity contribution in [2.75, 3.05) is 38.7 Å². The molecule has 0 aromatic heterocycles. The Balaban J connectivity index is 0.00000264. The molecule has 0 spiro atoms. The van der Waals surface area contributed by atoms with Gasteiger partial charge in [-0.1, -0.05) is 0 Å². The van der Waals surface area contributed by atoms with E-state index in [1.807, 2.05) is 25.1 Å². The van der Waals surface area contributed by atoms with Crippen molar-refractivity contribution < 1.29 is 14.3 Å². The lowest BCUT2D eigenvalue weighted by Crippen LogP contribution is -2.15. The molecule has 1 amide bonds. The summed E-state index contributed by atoms with van der Waals surface area (Å²) in [7, 11) is 1.65. The highest BCUT2D eigenvalue weighted by atomic mass is 35.5. The van der Waals surface area contributed by atoms with Crippen LogP contribution >= 0.6 is 12.4 Å². The molecule has 1 heterocycles. The molecule has 1 atom stereocenters. The molecule has 2 N–H and O–H groups in total. The Kier molecular flexibility index (Phi) is 8.99. The molecule has 1 aromatic carbocycles. The number of nitrogens with one attached hydrogen (secondary N) is 2. The quantitative estimate of drug-likeness (QED) is 0.713. The molecule has 0 radical (unpaired) electrons. The Morgan fingerprint density at radius 1 is 1.39 bits per heavy atom. The zero-order valence-electron chi connectivity index (χ0n) is 13.9. The number of halogens is 1. The van der Waals surface area contributed by atoms with Crippen LogP contribution < -0.4 is 15.4 Å². The van der Waals surface area contributed by atoms with Crippen LogP contribution in [0.4, 0.5) is 5.69 Å². The van der Waals surface area contributed by atoms with Gasteiger partial charge in [0.15, 0.2) is 0 Å². The fourth-order valence-corrected chi connectivity index (χ4v) is 2.62. The fraction of sp³-hybridized carbons (Fsp3) is 0.588. The van der Waals surface area contributed by atoms with Gasteiger partial charge in [0.05, 0.1) is 6.61 Å². The molecule has 1 fully saturated rings. The van der Waals surface area contributed by atoms with Crippen molar-refractivity contribution in [2.24, 2.45) is 5.92 Å². The molecule has 1 unspecified atom stereocenters. The van der Waals surface area contributed by atoms with Crippen molar-refractivity contribution in [3.8, 4) is 5.75 Å². The lowest BCUT2D eigenvalue weighted by atomic mass is 10.0. The lowest BCUT2D eigenvalue weighted by molar-refractivity contribution is -0.116. The summed E-state index contributed by atoms with van der Waals surface area (Å²) in [5.41, 5.74) is 1.86. The summed E-state index contributed by atoms with van der Waals surface area (Å²) in [6.07, 6.45) is 2.72. The first-order valence-electron chi connectivity index (χ1n) is 7.92. The van der Waals surface area contributed by atoms with Crippen molar-refractivity contribution >= 4 is 24.0 Å². The van der Waals surface area contributed by atoms with Crippen LogP contribution in [0.15, 0.2) is 18.2 Å². The van der Waals surface area contributed by atoms with E-state index in [0.717, 1.165) is 36.5 Å². The predicted molar refractivity (Wildman–Crippen MR) is 94.6 cm³/mol. The molecule has 2 rings (SSSR count). The van der Waals surface area contributed by atoms with Crippen LogP contribution in [0.3, 0.4) is 0 Å². The summed E-state index contributed by atoms with van der Waals surface area (Å²) >= 11 is 0. The van der Waals surface area contributed by atoms with Crippen LogP contribution in [-0.4, -0.2) is 39.3 Å². The molecule has 130 valence electrons. The van der Waals surface area contributed by atoms with Crippen molar-refractivity contribution in [2.45, 2.75) is 26.2 Å². The smallest absolute Gasteiger partial charge is 0.224 e. The average molecular weight is 343 g/mol. The van der Waals surface area contributed by atoms with Crippen LogP contribution in [0, 0.1) is 12.8 Å². The number of methoxy groups -OCH3 is 1. The number of amides is 1. The number of ether oxygens (including phenoxy) is 2. The summed E-state index contributed by atoms with van der Waals surface area (Å²) in [5.74, 6) is 1.52. The first kappa shape index (κ1) is 19.7. The first-order valence-corrected chi connectivity index (χ1v) is 7.92. The summed E-state index contributed by atoms with van der Waals surface area (Å²) in [5, 5.41) is 6.32. The van der Waals surface area contributed by atoms with Crippen molar-refractivity contribution in [3.05, 3.63) is 23.8 Å². The first-order chi connectivity index (χ1) is 10.7. The molecule has 0 saturated carbocycles. The minimum absolute atomic E-state index is 0. The van der Waals surface area contributed by atoms with Gasteiger partial charge in [-0.25, -0.2) is 0 Å². The number of carbonyl (C=O) groups excluding carboxylic acids is 1. The van der Waals surface area contributed by atoms with Gasteiger partial charge in [-0.05, 0) is 62.5 Å². The Morgan fingerprint density at radius 2 is 2.22 bits per heavy atom. The maximum Gasteiger partial charge on any atom is 0.224 e. The Labute approximate surface area is 144 Å². The maximum absolute atomic E-state index is 12.0. The van der Waals surface area contributed by atoms with Crippen LogP contribution in [0.5, 0.6) is 5.75 Å². The van der Waals surface area contributed by atoms with E-state index in [0.29, 0.717) is 25.6 Å². The lowest BCUT2D eigenvalue weighted by Gasteiger charge is -2.12. The number of benzene rings is 1. The Bertz CT molecular complexity index is 491. The number of hydrogen-bond donors (Lipinski definition) is 2. The molecular formula is C17H27ClN2O3. The fourth-order valence-electron chi connectivity index (χ4n) is 2.62. The van der Waals surface area contributed by atoms with Gasteiger partial charge in [0.25, 0.3) is 0 Å². The van der Waals surface area contributed by atoms with Crippen LogP contribution in [0.1, 0.15) is 24.8 Å². The SMILES string of the molecule is COCCOc1ccc(NC(=O)CCC2CCNC2)c(C)c1.Cl. The topological polar surface area (TPSA) is 59.6 Å². The van der Waals surface area contributed by atoms with Crippen molar-refractivity contribution in [1.29, 1.82) is 0 Å². The van der Waals surface area contributed by atoms with Crippen molar-refractivity contribution in [3.63, 3.8) is 0 Å². The molecule has 0 bridgehead atoms. The summed E-state index contributed by atoms with van der Waals surface area (Å²) in [6, 6.07) is 5.71. The predicted octanol–water partition coefficient (Wildman–Crippen LogP) is 2.77. The van der Waals surface area contributed by atoms with Gasteiger partial charge in [-0.15, -0.1) is 12.4 Å². The molecule has 1 aliphatic heterocycles. The number of rotatable bonds is 8. The summed E-state index contributed by atoms with van der Waals surface area (Å²) < 4.78 is 10.5. The van der Waals surface area contributed by atoms with Gasteiger partial charge in [-0.3, -0.25) is 4.79 Å². The highest BCUT2D eigenvalue weighted by molar-refractivity contribution is 5.91. The number of aryl methyl sites for hydroxylation is 1. The average Bonchev–Trinajstić information content (AvgIpc) is 3.01. The van der Waals surface area contributed by atoms with Crippen molar-refractivity contribution in [1.82, 2.24) is 5.32 Å². The van der Waals surface area contributed by atoms with E-state index in [9.17, 15) is 4.79 Å². The molecular weight excluding hydrogens is 316 g/mol. The third-order valence-corrected chi connectivity index (χ3v) is 3.97. The van der Waals surface area contributed by atoms with Gasteiger partial charge in [0.2, 0.25) is 5.91 Å². The molecule has 5 nitrogen and oxygen atoms in total. The maximum atomic E-state index is 12.0. The number of anilines is 1. The van der Waals surface area contributed by atoms with E-state index in [1.54, 1.807) is 7.11 Å². The second-order valence-electron chi connectivity index (χ2n) is 5.76. The second-order valence-corrected chi connectivity index (χ2v) is 5.76. The van der Waals surface area contributed by atoms with E-state index >= 15 is 0 Å². The number of carbonyl (C=O) groups is 1. The summed E-state index contributed by atoms with van der Waals surface area (Å²) in [6.45, 7) is 5.18. The highest BCUT2D eigenvalue weighted by Crippen LogP contribution is 2.22. The van der Waals surface area contributed by atoms with Gasteiger partial charge in [0.1, 0.15) is 12.4 Å².